The minimum absolute atomic E-state index is 0.0248. The van der Waals surface area contributed by atoms with Gasteiger partial charge in [0.15, 0.2) is 0 Å². The molecule has 160 valence electrons. The number of nitrogens with zero attached hydrogens (tertiary/aromatic N) is 1. The zero-order valence-electron chi connectivity index (χ0n) is 16.0. The van der Waals surface area contributed by atoms with Gasteiger partial charge < -0.3 is 24.4 Å². The fourth-order valence-electron chi connectivity index (χ4n) is 3.06. The molecular weight excluding hydrogens is 407 g/mol. The summed E-state index contributed by atoms with van der Waals surface area (Å²) in [6.45, 7) is 2.79. The van der Waals surface area contributed by atoms with Crippen LogP contribution in [0.4, 0.5) is 18.0 Å². The molecule has 0 aliphatic carbocycles. The Morgan fingerprint density at radius 2 is 2.00 bits per heavy atom. The van der Waals surface area contributed by atoms with Crippen LogP contribution in [0.15, 0.2) is 50.9 Å². The Labute approximate surface area is 168 Å². The Kier molecular flexibility index (Phi) is 5.72. The highest BCUT2D eigenvalue weighted by Crippen LogP contribution is 2.30. The van der Waals surface area contributed by atoms with E-state index in [2.05, 4.69) is 10.6 Å². The number of hydrogen-bond acceptors (Lipinski definition) is 5. The largest absolute Gasteiger partial charge is 0.464 e. The summed E-state index contributed by atoms with van der Waals surface area (Å²) in [6, 6.07) is 3.16. The van der Waals surface area contributed by atoms with E-state index in [1.54, 1.807) is 26.0 Å². The predicted octanol–water partition coefficient (Wildman–Crippen LogP) is 2.64. The van der Waals surface area contributed by atoms with E-state index in [1.165, 1.54) is 0 Å². The molecule has 0 aromatic carbocycles. The maximum atomic E-state index is 13.1. The fourth-order valence-corrected chi connectivity index (χ4v) is 3.06. The van der Waals surface area contributed by atoms with E-state index in [0.29, 0.717) is 11.8 Å². The van der Waals surface area contributed by atoms with Crippen molar-refractivity contribution in [3.8, 4) is 0 Å². The third-order valence-electron chi connectivity index (χ3n) is 4.35. The molecule has 1 atom stereocenters. The number of halogens is 3. The summed E-state index contributed by atoms with van der Waals surface area (Å²) in [5, 5.41) is 4.92. The molecule has 11 heteroatoms. The van der Waals surface area contributed by atoms with E-state index in [0.717, 1.165) is 16.8 Å². The molecule has 8 nitrogen and oxygen atoms in total. The van der Waals surface area contributed by atoms with Gasteiger partial charge >= 0.3 is 18.2 Å². The van der Waals surface area contributed by atoms with Gasteiger partial charge in [-0.1, -0.05) is 0 Å². The van der Waals surface area contributed by atoms with Crippen molar-refractivity contribution < 1.29 is 31.9 Å². The molecular formula is C19H18F3N3O5. The lowest BCUT2D eigenvalue weighted by Gasteiger charge is -2.28. The second-order valence-corrected chi connectivity index (χ2v) is 6.45. The van der Waals surface area contributed by atoms with Gasteiger partial charge in [0.25, 0.3) is 5.56 Å². The van der Waals surface area contributed by atoms with Crippen molar-refractivity contribution in [1.29, 1.82) is 0 Å². The Morgan fingerprint density at radius 3 is 2.60 bits per heavy atom. The summed E-state index contributed by atoms with van der Waals surface area (Å²) in [5.74, 6) is -0.0463. The molecule has 3 rings (SSSR count). The van der Waals surface area contributed by atoms with Gasteiger partial charge in [-0.15, -0.1) is 0 Å². The average Bonchev–Trinajstić information content (AvgIpc) is 3.08. The minimum Gasteiger partial charge on any atom is -0.464 e. The molecule has 0 saturated heterocycles. The van der Waals surface area contributed by atoms with Crippen molar-refractivity contribution in [1.82, 2.24) is 15.2 Å². The number of rotatable bonds is 5. The first kappa shape index (κ1) is 21.2. The van der Waals surface area contributed by atoms with Crippen molar-refractivity contribution in [2.75, 3.05) is 6.61 Å². The number of allylic oxidation sites excluding steroid dienone is 1. The molecule has 2 aromatic heterocycles. The predicted molar refractivity (Wildman–Crippen MR) is 97.2 cm³/mol. The summed E-state index contributed by atoms with van der Waals surface area (Å²) in [6.07, 6.45) is -3.71. The van der Waals surface area contributed by atoms with Crippen molar-refractivity contribution in [3.63, 3.8) is 0 Å². The number of carbonyl (C=O) groups is 2. The highest BCUT2D eigenvalue weighted by Gasteiger charge is 2.37. The zero-order chi connectivity index (χ0) is 22.1. The summed E-state index contributed by atoms with van der Waals surface area (Å²) >= 11 is 0. The van der Waals surface area contributed by atoms with Gasteiger partial charge in [-0.3, -0.25) is 4.79 Å². The second-order valence-electron chi connectivity index (χ2n) is 6.45. The minimum atomic E-state index is -4.84. The standard InChI is InChI=1S/C19H18F3N3O5/c1-3-29-17(27)14-12(9-25-8-4-5-11(16(25)26)19(20,21)22)23-18(28)24-15(14)13-7-6-10(2)30-13/h4-8,15H,3,9H2,1-2H3,(H2,23,24,28)/t15-/m1/s1. The number of aryl methyl sites for hydroxylation is 1. The van der Waals surface area contributed by atoms with Gasteiger partial charge in [-0.05, 0) is 38.1 Å². The number of pyridine rings is 1. The van der Waals surface area contributed by atoms with Gasteiger partial charge in [-0.2, -0.15) is 13.2 Å². The van der Waals surface area contributed by atoms with Crippen molar-refractivity contribution in [2.24, 2.45) is 0 Å². The van der Waals surface area contributed by atoms with Crippen LogP contribution in [-0.2, 0) is 22.3 Å². The van der Waals surface area contributed by atoms with E-state index in [4.69, 9.17) is 9.15 Å². The number of esters is 1. The van der Waals surface area contributed by atoms with Gasteiger partial charge in [0.05, 0.1) is 24.4 Å². The summed E-state index contributed by atoms with van der Waals surface area (Å²) < 4.78 is 50.5. The first-order valence-electron chi connectivity index (χ1n) is 8.92. The highest BCUT2D eigenvalue weighted by molar-refractivity contribution is 5.94. The molecule has 0 bridgehead atoms. The Hall–Kier alpha value is -3.50. The van der Waals surface area contributed by atoms with E-state index in [1.807, 2.05) is 0 Å². The van der Waals surface area contributed by atoms with Crippen LogP contribution < -0.4 is 16.2 Å². The Bertz CT molecular complexity index is 1070. The van der Waals surface area contributed by atoms with Gasteiger partial charge in [-0.25, -0.2) is 9.59 Å². The van der Waals surface area contributed by atoms with Crippen LogP contribution in [0.3, 0.4) is 0 Å². The van der Waals surface area contributed by atoms with Crippen LogP contribution >= 0.6 is 0 Å². The number of ether oxygens (including phenoxy) is 1. The average molecular weight is 425 g/mol. The van der Waals surface area contributed by atoms with Crippen LogP contribution in [0.2, 0.25) is 0 Å². The lowest BCUT2D eigenvalue weighted by atomic mass is 10.00. The summed E-state index contributed by atoms with van der Waals surface area (Å²) in [4.78, 5) is 37.1. The van der Waals surface area contributed by atoms with Crippen molar-refractivity contribution >= 4 is 12.0 Å². The topological polar surface area (TPSA) is 103 Å². The maximum absolute atomic E-state index is 13.1. The van der Waals surface area contributed by atoms with Gasteiger partial charge in [0, 0.05) is 6.20 Å². The van der Waals surface area contributed by atoms with Crippen molar-refractivity contribution in [3.05, 3.63) is 69.2 Å². The van der Waals surface area contributed by atoms with Gasteiger partial charge in [0.2, 0.25) is 0 Å². The lowest BCUT2D eigenvalue weighted by Crippen LogP contribution is -2.47. The molecule has 1 aliphatic heterocycles. The van der Waals surface area contributed by atoms with E-state index in [9.17, 15) is 27.6 Å². The van der Waals surface area contributed by atoms with Crippen molar-refractivity contribution in [2.45, 2.75) is 32.6 Å². The van der Waals surface area contributed by atoms with Crippen LogP contribution in [0.5, 0.6) is 0 Å². The Morgan fingerprint density at radius 1 is 1.27 bits per heavy atom. The SMILES string of the molecule is CCOC(=O)C1=C(Cn2cccc(C(F)(F)F)c2=O)NC(=O)N[C@@H]1c1ccc(C)o1. The van der Waals surface area contributed by atoms with Crippen LogP contribution in [0.25, 0.3) is 0 Å². The van der Waals surface area contributed by atoms with Crippen LogP contribution in [0.1, 0.15) is 30.0 Å². The normalized spacial score (nSPS) is 16.8. The van der Waals surface area contributed by atoms with E-state index >= 15 is 0 Å². The van der Waals surface area contributed by atoms with Crippen LogP contribution in [-0.4, -0.2) is 23.2 Å². The summed E-state index contributed by atoms with van der Waals surface area (Å²) in [5.41, 5.74) is -2.81. The number of aromatic nitrogens is 1. The van der Waals surface area contributed by atoms with E-state index in [-0.39, 0.29) is 23.6 Å². The molecule has 0 radical (unpaired) electrons. The van der Waals surface area contributed by atoms with E-state index < -0.39 is 41.9 Å². The zero-order valence-corrected chi connectivity index (χ0v) is 16.0. The molecule has 0 saturated carbocycles. The molecule has 2 N–H and O–H groups in total. The number of carbonyl (C=O) groups excluding carboxylic acids is 2. The molecule has 30 heavy (non-hydrogen) atoms. The fraction of sp³-hybridized carbons (Fsp3) is 0.316. The van der Waals surface area contributed by atoms with Gasteiger partial charge in [0.1, 0.15) is 23.1 Å². The van der Waals surface area contributed by atoms with Crippen LogP contribution in [0, 0.1) is 6.92 Å². The molecule has 2 amide bonds. The smallest absolute Gasteiger partial charge is 0.421 e. The maximum Gasteiger partial charge on any atom is 0.421 e. The first-order valence-corrected chi connectivity index (χ1v) is 8.92. The number of furan rings is 1. The first-order chi connectivity index (χ1) is 14.1. The Balaban J connectivity index is 2.12. The molecule has 0 fully saturated rings. The third-order valence-corrected chi connectivity index (χ3v) is 4.35. The lowest BCUT2D eigenvalue weighted by molar-refractivity contribution is -0.140. The molecule has 0 unspecified atom stereocenters. The molecule has 0 spiro atoms. The molecule has 1 aliphatic rings. The highest BCUT2D eigenvalue weighted by atomic mass is 19.4. The molecule has 3 heterocycles. The number of amides is 2. The summed E-state index contributed by atoms with van der Waals surface area (Å²) in [7, 11) is 0. The number of alkyl halides is 3. The quantitative estimate of drug-likeness (QED) is 0.717. The number of hydrogen-bond donors (Lipinski definition) is 2. The third kappa shape index (κ3) is 4.24. The second kappa shape index (κ2) is 8.09. The monoisotopic (exact) mass is 425 g/mol. The number of urea groups is 1. The molecule has 2 aromatic rings. The number of nitrogens with one attached hydrogen (secondary N) is 2.